The Labute approximate surface area is 86.5 Å². The number of nitrogens with zero attached hydrogens (tertiary/aromatic N) is 3. The van der Waals surface area contributed by atoms with Gasteiger partial charge < -0.3 is 10.3 Å². The number of hydrogen-bond acceptors (Lipinski definition) is 4. The lowest BCUT2D eigenvalue weighted by molar-refractivity contribution is 0.396. The summed E-state index contributed by atoms with van der Waals surface area (Å²) in [7, 11) is 4.11. The van der Waals surface area contributed by atoms with Crippen LogP contribution in [-0.4, -0.2) is 44.6 Å². The van der Waals surface area contributed by atoms with Gasteiger partial charge in [-0.05, 0) is 34.0 Å². The van der Waals surface area contributed by atoms with Gasteiger partial charge in [0.1, 0.15) is 6.01 Å². The van der Waals surface area contributed by atoms with Gasteiger partial charge in [-0.2, -0.15) is 0 Å². The van der Waals surface area contributed by atoms with Crippen molar-refractivity contribution in [2.45, 2.75) is 13.3 Å². The predicted octanol–water partition coefficient (Wildman–Crippen LogP) is 1.06. The molecule has 0 fully saturated rings. The van der Waals surface area contributed by atoms with E-state index in [2.05, 4.69) is 40.5 Å². The molecule has 0 radical (unpaired) electrons. The third-order valence-corrected chi connectivity index (χ3v) is 1.25. The molecule has 0 aromatic rings. The fourth-order valence-corrected chi connectivity index (χ4v) is 0.672. The molecule has 0 bridgehead atoms. The van der Waals surface area contributed by atoms with Crippen molar-refractivity contribution >= 4 is 18.4 Å². The van der Waals surface area contributed by atoms with E-state index in [-0.39, 0.29) is 12.4 Å². The molecule has 1 N–H and O–H groups in total. The molecule has 0 heterocycles. The third kappa shape index (κ3) is 14.3. The molecule has 0 rings (SSSR count). The zero-order chi connectivity index (χ0) is 9.23. The van der Waals surface area contributed by atoms with Crippen LogP contribution in [0.4, 0.5) is 0 Å². The SMILES string of the molecule is CCN=C=NNCCCN(C)C.Cl. The summed E-state index contributed by atoms with van der Waals surface area (Å²) in [5.41, 5.74) is 2.87. The Morgan fingerprint density at radius 3 is 2.62 bits per heavy atom. The van der Waals surface area contributed by atoms with Crippen LogP contribution in [-0.2, 0) is 0 Å². The van der Waals surface area contributed by atoms with E-state index >= 15 is 0 Å². The van der Waals surface area contributed by atoms with Crippen molar-refractivity contribution in [3.8, 4) is 0 Å². The second-order valence-electron chi connectivity index (χ2n) is 2.75. The van der Waals surface area contributed by atoms with Crippen LogP contribution < -0.4 is 5.43 Å². The fraction of sp³-hybridized carbons (Fsp3) is 0.875. The minimum Gasteiger partial charge on any atom is -0.309 e. The molecule has 0 unspecified atom stereocenters. The van der Waals surface area contributed by atoms with Gasteiger partial charge in [0.2, 0.25) is 0 Å². The maximum atomic E-state index is 3.81. The first kappa shape index (κ1) is 14.9. The summed E-state index contributed by atoms with van der Waals surface area (Å²) in [4.78, 5) is 5.96. The minimum absolute atomic E-state index is 0. The Morgan fingerprint density at radius 2 is 2.08 bits per heavy atom. The first-order valence-corrected chi connectivity index (χ1v) is 4.26. The van der Waals surface area contributed by atoms with E-state index < -0.39 is 0 Å². The smallest absolute Gasteiger partial charge is 0.114 e. The highest BCUT2D eigenvalue weighted by molar-refractivity contribution is 5.85. The highest BCUT2D eigenvalue weighted by Gasteiger charge is 1.87. The lowest BCUT2D eigenvalue weighted by atomic mass is 10.4. The van der Waals surface area contributed by atoms with Crippen LogP contribution in [0.1, 0.15) is 13.3 Å². The molecule has 13 heavy (non-hydrogen) atoms. The first-order valence-electron chi connectivity index (χ1n) is 4.26. The highest BCUT2D eigenvalue weighted by Crippen LogP contribution is 1.79. The van der Waals surface area contributed by atoms with E-state index in [4.69, 9.17) is 0 Å². The third-order valence-electron chi connectivity index (χ3n) is 1.25. The van der Waals surface area contributed by atoms with E-state index in [1.165, 1.54) is 0 Å². The molecule has 78 valence electrons. The monoisotopic (exact) mass is 206 g/mol. The van der Waals surface area contributed by atoms with Crippen molar-refractivity contribution in [1.82, 2.24) is 10.3 Å². The number of nitrogens with one attached hydrogen (secondary N) is 1. The fourth-order valence-electron chi connectivity index (χ4n) is 0.672. The second-order valence-corrected chi connectivity index (χ2v) is 2.75. The first-order chi connectivity index (χ1) is 5.77. The number of hydrogen-bond donors (Lipinski definition) is 1. The van der Waals surface area contributed by atoms with Crippen molar-refractivity contribution in [1.29, 1.82) is 0 Å². The molecule has 0 saturated heterocycles. The van der Waals surface area contributed by atoms with Gasteiger partial charge in [0.05, 0.1) is 0 Å². The molecule has 0 atom stereocenters. The van der Waals surface area contributed by atoms with Crippen LogP contribution in [0.25, 0.3) is 0 Å². The topological polar surface area (TPSA) is 40.0 Å². The summed E-state index contributed by atoms with van der Waals surface area (Å²) in [5, 5.41) is 3.77. The molecule has 0 saturated carbocycles. The second kappa shape index (κ2) is 11.4. The average molecular weight is 207 g/mol. The van der Waals surface area contributed by atoms with Crippen LogP contribution in [0.2, 0.25) is 0 Å². The summed E-state index contributed by atoms with van der Waals surface area (Å²) in [6.45, 7) is 4.65. The Kier molecular flexibility index (Phi) is 13.1. The van der Waals surface area contributed by atoms with Crippen LogP contribution in [0.5, 0.6) is 0 Å². The van der Waals surface area contributed by atoms with Gasteiger partial charge in [0.25, 0.3) is 0 Å². The summed E-state index contributed by atoms with van der Waals surface area (Å²) in [5.74, 6) is 0. The number of aliphatic imine (C=N–C) groups is 1. The zero-order valence-corrected chi connectivity index (χ0v) is 9.39. The Hall–Kier alpha value is -0.570. The van der Waals surface area contributed by atoms with Gasteiger partial charge in [-0.25, -0.2) is 4.99 Å². The maximum absolute atomic E-state index is 3.81. The Balaban J connectivity index is 0. The van der Waals surface area contributed by atoms with Gasteiger partial charge in [-0.1, -0.05) is 0 Å². The zero-order valence-electron chi connectivity index (χ0n) is 8.58. The van der Waals surface area contributed by atoms with Crippen molar-refractivity contribution in [3.05, 3.63) is 0 Å². The average Bonchev–Trinajstić information content (AvgIpc) is 2.02. The summed E-state index contributed by atoms with van der Waals surface area (Å²) >= 11 is 0. The van der Waals surface area contributed by atoms with Gasteiger partial charge >= 0.3 is 0 Å². The summed E-state index contributed by atoms with van der Waals surface area (Å²) in [6.07, 6.45) is 1.09. The van der Waals surface area contributed by atoms with Crippen molar-refractivity contribution in [2.75, 3.05) is 33.7 Å². The summed E-state index contributed by atoms with van der Waals surface area (Å²) in [6, 6.07) is 2.55. The molecule has 5 heteroatoms. The van der Waals surface area contributed by atoms with E-state index in [0.29, 0.717) is 0 Å². The van der Waals surface area contributed by atoms with Crippen LogP contribution >= 0.6 is 12.4 Å². The van der Waals surface area contributed by atoms with Gasteiger partial charge in [-0.3, -0.25) is 0 Å². The quantitative estimate of drug-likeness (QED) is 0.401. The lowest BCUT2D eigenvalue weighted by Gasteiger charge is -2.07. The minimum atomic E-state index is 0. The van der Waals surface area contributed by atoms with Crippen molar-refractivity contribution < 1.29 is 0 Å². The molecule has 0 aromatic heterocycles. The Morgan fingerprint density at radius 1 is 1.38 bits per heavy atom. The lowest BCUT2D eigenvalue weighted by Crippen LogP contribution is -2.18. The Bertz CT molecular complexity index is 152. The standard InChI is InChI=1S/C8H18N4.ClH/c1-4-9-8-11-10-6-5-7-12(2)3;/h10H,4-7H2,1-3H3;1H. The van der Waals surface area contributed by atoms with E-state index in [9.17, 15) is 0 Å². The summed E-state index contributed by atoms with van der Waals surface area (Å²) < 4.78 is 0. The van der Waals surface area contributed by atoms with Gasteiger partial charge in [0.15, 0.2) is 0 Å². The molecule has 0 amide bonds. The van der Waals surface area contributed by atoms with Gasteiger partial charge in [-0.15, -0.1) is 17.5 Å². The molecule has 0 aliphatic heterocycles. The molecule has 0 aromatic carbocycles. The maximum Gasteiger partial charge on any atom is 0.114 e. The van der Waals surface area contributed by atoms with E-state index in [1.54, 1.807) is 0 Å². The molecule has 4 nitrogen and oxygen atoms in total. The molecular formula is C8H19ClN4. The molecular weight excluding hydrogens is 188 g/mol. The van der Waals surface area contributed by atoms with Crippen LogP contribution in [0.15, 0.2) is 10.1 Å². The van der Waals surface area contributed by atoms with Crippen LogP contribution in [0, 0.1) is 0 Å². The van der Waals surface area contributed by atoms with E-state index in [0.717, 1.165) is 26.1 Å². The van der Waals surface area contributed by atoms with E-state index in [1.807, 2.05) is 6.92 Å². The molecule has 0 spiro atoms. The number of hydrazone groups is 1. The van der Waals surface area contributed by atoms with Gasteiger partial charge in [0, 0.05) is 13.1 Å². The van der Waals surface area contributed by atoms with Crippen LogP contribution in [0.3, 0.4) is 0 Å². The normalized spacial score (nSPS) is 8.62. The molecule has 0 aliphatic carbocycles. The largest absolute Gasteiger partial charge is 0.309 e. The molecule has 0 aliphatic rings. The highest BCUT2D eigenvalue weighted by atomic mass is 35.5. The van der Waals surface area contributed by atoms with Crippen molar-refractivity contribution in [2.24, 2.45) is 10.1 Å². The predicted molar refractivity (Wildman–Crippen MR) is 58.8 cm³/mol. The van der Waals surface area contributed by atoms with Crippen molar-refractivity contribution in [3.63, 3.8) is 0 Å². The number of rotatable bonds is 6. The number of halogens is 1.